The lowest BCUT2D eigenvalue weighted by Crippen LogP contribution is -2.55. The topological polar surface area (TPSA) is 74.5 Å². The number of fused-ring (bicyclic) bond motifs is 1. The van der Waals surface area contributed by atoms with Crippen LogP contribution in [0.3, 0.4) is 0 Å². The van der Waals surface area contributed by atoms with Crippen LogP contribution in [0.4, 0.5) is 16.6 Å². The number of nitrogens with zero attached hydrogens (tertiary/aromatic N) is 4. The minimum absolute atomic E-state index is 0.0155. The summed E-state index contributed by atoms with van der Waals surface area (Å²) < 4.78 is 5.73. The molecule has 1 aliphatic heterocycles. The van der Waals surface area contributed by atoms with Crippen LogP contribution < -0.4 is 10.2 Å². The van der Waals surface area contributed by atoms with Crippen LogP contribution in [0.5, 0.6) is 0 Å². The van der Waals surface area contributed by atoms with E-state index in [0.717, 1.165) is 17.8 Å². The fourth-order valence-corrected chi connectivity index (χ4v) is 4.01. The van der Waals surface area contributed by atoms with E-state index in [-0.39, 0.29) is 18.1 Å². The Morgan fingerprint density at radius 3 is 2.93 bits per heavy atom. The van der Waals surface area contributed by atoms with Crippen LogP contribution >= 0.6 is 11.6 Å². The van der Waals surface area contributed by atoms with E-state index in [0.29, 0.717) is 36.2 Å². The third kappa shape index (κ3) is 4.07. The van der Waals surface area contributed by atoms with Gasteiger partial charge in [0.05, 0.1) is 5.02 Å². The second-order valence-electron chi connectivity index (χ2n) is 7.78. The van der Waals surface area contributed by atoms with Gasteiger partial charge in [-0.1, -0.05) is 31.5 Å². The van der Waals surface area contributed by atoms with Gasteiger partial charge in [-0.15, -0.1) is 0 Å². The van der Waals surface area contributed by atoms with E-state index in [2.05, 4.69) is 40.1 Å². The lowest BCUT2D eigenvalue weighted by molar-refractivity contribution is 0.184. The van der Waals surface area contributed by atoms with E-state index in [1.54, 1.807) is 11.1 Å². The molecule has 158 valence electrons. The van der Waals surface area contributed by atoms with Gasteiger partial charge >= 0.3 is 12.0 Å². The van der Waals surface area contributed by atoms with Gasteiger partial charge in [-0.25, -0.2) is 9.78 Å². The molecule has 1 aliphatic rings. The summed E-state index contributed by atoms with van der Waals surface area (Å²) in [5.74, 6) is 1.20. The van der Waals surface area contributed by atoms with Crippen molar-refractivity contribution in [2.75, 3.05) is 29.9 Å². The van der Waals surface area contributed by atoms with Gasteiger partial charge in [0.15, 0.2) is 5.58 Å². The maximum Gasteiger partial charge on any atom is 0.325 e. The van der Waals surface area contributed by atoms with E-state index in [4.69, 9.17) is 16.0 Å². The highest BCUT2D eigenvalue weighted by molar-refractivity contribution is 6.32. The van der Waals surface area contributed by atoms with Crippen molar-refractivity contribution < 1.29 is 9.21 Å². The molecule has 0 saturated carbocycles. The number of rotatable bonds is 4. The predicted octanol–water partition coefficient (Wildman–Crippen LogP) is 5.13. The molecule has 0 aliphatic carbocycles. The number of carbonyl (C=O) groups is 1. The summed E-state index contributed by atoms with van der Waals surface area (Å²) in [6, 6.07) is 9.62. The summed E-state index contributed by atoms with van der Waals surface area (Å²) in [7, 11) is 0. The smallest absolute Gasteiger partial charge is 0.325 e. The number of urea groups is 1. The number of nitrogens with one attached hydrogen (secondary N) is 1. The van der Waals surface area contributed by atoms with E-state index in [1.165, 1.54) is 5.56 Å². The highest BCUT2D eigenvalue weighted by atomic mass is 35.5. The van der Waals surface area contributed by atoms with Gasteiger partial charge in [0, 0.05) is 31.9 Å². The van der Waals surface area contributed by atoms with Crippen molar-refractivity contribution in [1.29, 1.82) is 0 Å². The Morgan fingerprint density at radius 1 is 1.37 bits per heavy atom. The summed E-state index contributed by atoms with van der Waals surface area (Å²) in [6.45, 7) is 8.21. The van der Waals surface area contributed by atoms with Crippen molar-refractivity contribution in [2.45, 2.75) is 39.2 Å². The van der Waals surface area contributed by atoms with Gasteiger partial charge in [-0.05, 0) is 49.1 Å². The van der Waals surface area contributed by atoms with E-state index in [1.807, 2.05) is 31.2 Å². The zero-order valence-electron chi connectivity index (χ0n) is 17.4. The van der Waals surface area contributed by atoms with Gasteiger partial charge in [0.1, 0.15) is 11.3 Å². The van der Waals surface area contributed by atoms with E-state index >= 15 is 0 Å². The van der Waals surface area contributed by atoms with Gasteiger partial charge in [0.25, 0.3) is 0 Å². The Kier molecular flexibility index (Phi) is 5.81. The predicted molar refractivity (Wildman–Crippen MR) is 119 cm³/mol. The molecule has 30 heavy (non-hydrogen) atoms. The lowest BCUT2D eigenvalue weighted by Gasteiger charge is -2.40. The van der Waals surface area contributed by atoms with Crippen molar-refractivity contribution in [2.24, 2.45) is 0 Å². The maximum atomic E-state index is 12.8. The third-order valence-electron chi connectivity index (χ3n) is 5.73. The zero-order valence-corrected chi connectivity index (χ0v) is 18.2. The molecule has 2 atom stereocenters. The summed E-state index contributed by atoms with van der Waals surface area (Å²) >= 11 is 6.27. The van der Waals surface area contributed by atoms with Crippen molar-refractivity contribution >= 4 is 40.6 Å². The molecule has 1 N–H and O–H groups in total. The van der Waals surface area contributed by atoms with Crippen LogP contribution in [-0.4, -0.2) is 46.6 Å². The maximum absolute atomic E-state index is 12.8. The van der Waals surface area contributed by atoms with Crippen LogP contribution in [0.1, 0.15) is 38.7 Å². The van der Waals surface area contributed by atoms with Crippen LogP contribution in [0.2, 0.25) is 5.02 Å². The molecule has 2 amide bonds. The quantitative estimate of drug-likeness (QED) is 0.624. The average Bonchev–Trinajstić information content (AvgIpc) is 3.14. The van der Waals surface area contributed by atoms with Crippen molar-refractivity contribution in [1.82, 2.24) is 14.9 Å². The molecule has 1 aromatic carbocycles. The monoisotopic (exact) mass is 427 g/mol. The number of anilines is 2. The second-order valence-corrected chi connectivity index (χ2v) is 8.19. The summed E-state index contributed by atoms with van der Waals surface area (Å²) in [6.07, 6.45) is 2.78. The fraction of sp³-hybridized carbons (Fsp3) is 0.409. The molecule has 4 rings (SSSR count). The van der Waals surface area contributed by atoms with Gasteiger partial charge in [-0.3, -0.25) is 5.32 Å². The van der Waals surface area contributed by atoms with Crippen LogP contribution in [0, 0.1) is 0 Å². The zero-order chi connectivity index (χ0) is 21.3. The number of oxazole rings is 1. The molecule has 0 radical (unpaired) electrons. The van der Waals surface area contributed by atoms with Crippen LogP contribution in [-0.2, 0) is 0 Å². The number of benzene rings is 1. The number of hydrogen-bond acceptors (Lipinski definition) is 5. The molecular weight excluding hydrogens is 402 g/mol. The van der Waals surface area contributed by atoms with E-state index in [9.17, 15) is 4.79 Å². The SMILES string of the molecule is CCC(C)c1ccc2oc(NC(=O)N3CCN(c4ncccc4Cl)C[C@H]3C)nc2c1. The summed E-state index contributed by atoms with van der Waals surface area (Å²) in [4.78, 5) is 25.6. The molecule has 2 aromatic heterocycles. The molecule has 1 saturated heterocycles. The first-order valence-electron chi connectivity index (χ1n) is 10.3. The fourth-order valence-electron chi connectivity index (χ4n) is 3.77. The molecule has 3 heterocycles. The normalized spacial score (nSPS) is 17.9. The van der Waals surface area contributed by atoms with Crippen LogP contribution in [0.25, 0.3) is 11.1 Å². The highest BCUT2D eigenvalue weighted by Gasteiger charge is 2.29. The highest BCUT2D eigenvalue weighted by Crippen LogP contribution is 2.27. The summed E-state index contributed by atoms with van der Waals surface area (Å²) in [5, 5.41) is 3.43. The minimum atomic E-state index is -0.219. The third-order valence-corrected chi connectivity index (χ3v) is 6.03. The Bertz CT molecular complexity index is 1050. The molecule has 3 aromatic rings. The molecule has 1 unspecified atom stereocenters. The second kappa shape index (κ2) is 8.52. The molecule has 0 bridgehead atoms. The van der Waals surface area contributed by atoms with Gasteiger partial charge in [-0.2, -0.15) is 4.98 Å². The molecule has 8 heteroatoms. The number of carbonyl (C=O) groups excluding carboxylic acids is 1. The van der Waals surface area contributed by atoms with Gasteiger partial charge < -0.3 is 14.2 Å². The Labute approximate surface area is 181 Å². The number of hydrogen-bond donors (Lipinski definition) is 1. The first-order valence-corrected chi connectivity index (χ1v) is 10.7. The van der Waals surface area contributed by atoms with Gasteiger partial charge in [0.2, 0.25) is 0 Å². The average molecular weight is 428 g/mol. The lowest BCUT2D eigenvalue weighted by atomic mass is 9.98. The van der Waals surface area contributed by atoms with E-state index < -0.39 is 0 Å². The first kappa shape index (κ1) is 20.5. The standard InChI is InChI=1S/C22H26ClN5O2/c1-4-14(2)16-7-8-19-18(12-16)25-21(30-19)26-22(29)28-11-10-27(13-15(28)3)20-17(23)6-5-9-24-20/h5-9,12,14-15H,4,10-11,13H2,1-3H3,(H,25,26,29)/t14?,15-/m1/s1. The summed E-state index contributed by atoms with van der Waals surface area (Å²) in [5.41, 5.74) is 2.64. The van der Waals surface area contributed by atoms with Crippen molar-refractivity contribution in [3.8, 4) is 0 Å². The molecule has 0 spiro atoms. The van der Waals surface area contributed by atoms with Crippen molar-refractivity contribution in [3.05, 3.63) is 47.1 Å². The number of aromatic nitrogens is 2. The molecular formula is C22H26ClN5O2. The van der Waals surface area contributed by atoms with Crippen LogP contribution in [0.15, 0.2) is 40.9 Å². The first-order chi connectivity index (χ1) is 14.5. The Morgan fingerprint density at radius 2 is 2.20 bits per heavy atom. The number of amides is 2. The Balaban J connectivity index is 1.43. The molecule has 7 nitrogen and oxygen atoms in total. The van der Waals surface area contributed by atoms with Crippen molar-refractivity contribution in [3.63, 3.8) is 0 Å². The Hall–Kier alpha value is -2.80. The number of halogens is 1. The minimum Gasteiger partial charge on any atom is -0.423 e. The number of pyridine rings is 1. The number of piperazine rings is 1. The molecule has 1 fully saturated rings. The largest absolute Gasteiger partial charge is 0.423 e.